The fraction of sp³-hybridized carbons (Fsp3) is 0.0952. The van der Waals surface area contributed by atoms with Crippen molar-refractivity contribution in [3.63, 3.8) is 0 Å². The number of alkyl halides is 6. The maximum Gasteiger partial charge on any atom is 0.417 e. The summed E-state index contributed by atoms with van der Waals surface area (Å²) in [6.07, 6.45) is -6.57. The van der Waals surface area contributed by atoms with Crippen LogP contribution in [0.25, 0.3) is 16.9 Å². The fourth-order valence-electron chi connectivity index (χ4n) is 3.01. The molecule has 0 aliphatic carbocycles. The fourth-order valence-corrected chi connectivity index (χ4v) is 3.26. The number of hydrogen-bond donors (Lipinski definition) is 1. The molecule has 33 heavy (non-hydrogen) atoms. The number of benzene rings is 1. The lowest BCUT2D eigenvalue weighted by Crippen LogP contribution is -2.12. The van der Waals surface area contributed by atoms with Gasteiger partial charge in [0.05, 0.1) is 21.8 Å². The summed E-state index contributed by atoms with van der Waals surface area (Å²) in [7, 11) is 0. The molecule has 3 heterocycles. The smallest absolute Gasteiger partial charge is 0.321 e. The summed E-state index contributed by atoms with van der Waals surface area (Å²) in [5.41, 5.74) is -1.14. The molecule has 3 aromatic heterocycles. The standard InChI is InChI=1S/C21H11ClF6N4O/c22-15-7-13(21(26,27)28)9-32-10-17(31-18(15)32)19(33)30-14-3-1-2-11(6-14)16-5-4-12(8-29-16)20(23,24)25/h1-10H,(H,30,33). The van der Waals surface area contributed by atoms with E-state index in [-0.39, 0.29) is 27.7 Å². The van der Waals surface area contributed by atoms with Crippen molar-refractivity contribution in [1.82, 2.24) is 14.4 Å². The summed E-state index contributed by atoms with van der Waals surface area (Å²) in [4.78, 5) is 20.4. The zero-order valence-corrected chi connectivity index (χ0v) is 16.9. The summed E-state index contributed by atoms with van der Waals surface area (Å²) < 4.78 is 78.1. The first-order valence-corrected chi connectivity index (χ1v) is 9.50. The van der Waals surface area contributed by atoms with Crippen molar-refractivity contribution in [2.75, 3.05) is 5.32 Å². The highest BCUT2D eigenvalue weighted by atomic mass is 35.5. The average Bonchev–Trinajstić information content (AvgIpc) is 3.18. The quantitative estimate of drug-likeness (QED) is 0.345. The highest BCUT2D eigenvalue weighted by molar-refractivity contribution is 6.33. The molecule has 4 rings (SSSR count). The van der Waals surface area contributed by atoms with Crippen LogP contribution in [0.15, 0.2) is 61.1 Å². The number of pyridine rings is 2. The molecule has 1 aromatic carbocycles. The van der Waals surface area contributed by atoms with E-state index in [4.69, 9.17) is 11.6 Å². The van der Waals surface area contributed by atoms with Gasteiger partial charge in [-0.1, -0.05) is 23.7 Å². The van der Waals surface area contributed by atoms with E-state index >= 15 is 0 Å². The number of nitrogens with zero attached hydrogens (tertiary/aromatic N) is 3. The van der Waals surface area contributed by atoms with Crippen LogP contribution in [0.4, 0.5) is 32.0 Å². The van der Waals surface area contributed by atoms with Gasteiger partial charge in [0.15, 0.2) is 5.65 Å². The predicted molar refractivity (Wildman–Crippen MR) is 108 cm³/mol. The molecule has 0 radical (unpaired) electrons. The van der Waals surface area contributed by atoms with E-state index in [1.54, 1.807) is 12.1 Å². The van der Waals surface area contributed by atoms with Gasteiger partial charge in [0.2, 0.25) is 0 Å². The SMILES string of the molecule is O=C(Nc1cccc(-c2ccc(C(F)(F)F)cn2)c1)c1cn2cc(C(F)(F)F)cc(Cl)c2n1. The van der Waals surface area contributed by atoms with Gasteiger partial charge in [0, 0.05) is 29.8 Å². The van der Waals surface area contributed by atoms with Crippen LogP contribution in [0.5, 0.6) is 0 Å². The number of anilines is 1. The zero-order chi connectivity index (χ0) is 24.0. The first kappa shape index (κ1) is 22.6. The summed E-state index contributed by atoms with van der Waals surface area (Å²) >= 11 is 5.88. The van der Waals surface area contributed by atoms with E-state index in [1.165, 1.54) is 18.2 Å². The number of carbonyl (C=O) groups excluding carboxylic acids is 1. The Kier molecular flexibility index (Phi) is 5.52. The van der Waals surface area contributed by atoms with E-state index in [0.717, 1.165) is 22.9 Å². The number of nitrogens with one attached hydrogen (secondary N) is 1. The minimum absolute atomic E-state index is 0.0301. The third-order valence-corrected chi connectivity index (χ3v) is 4.85. The van der Waals surface area contributed by atoms with Crippen molar-refractivity contribution in [1.29, 1.82) is 0 Å². The van der Waals surface area contributed by atoms with E-state index < -0.39 is 29.4 Å². The number of rotatable bonds is 3. The summed E-state index contributed by atoms with van der Waals surface area (Å²) in [6.45, 7) is 0. The van der Waals surface area contributed by atoms with Crippen molar-refractivity contribution in [3.05, 3.63) is 82.9 Å². The first-order chi connectivity index (χ1) is 15.4. The molecule has 0 atom stereocenters. The monoisotopic (exact) mass is 484 g/mol. The number of halogens is 7. The Morgan fingerprint density at radius 2 is 1.67 bits per heavy atom. The van der Waals surface area contributed by atoms with E-state index in [9.17, 15) is 31.1 Å². The van der Waals surface area contributed by atoms with Crippen LogP contribution in [-0.2, 0) is 12.4 Å². The average molecular weight is 485 g/mol. The Bertz CT molecular complexity index is 1350. The second kappa shape index (κ2) is 8.07. The van der Waals surface area contributed by atoms with Crippen LogP contribution in [0.3, 0.4) is 0 Å². The molecule has 0 saturated carbocycles. The van der Waals surface area contributed by atoms with Crippen molar-refractivity contribution in [2.45, 2.75) is 12.4 Å². The Morgan fingerprint density at radius 1 is 0.939 bits per heavy atom. The van der Waals surface area contributed by atoms with Gasteiger partial charge in [-0.05, 0) is 30.3 Å². The molecule has 0 fully saturated rings. The maximum absolute atomic E-state index is 13.0. The van der Waals surface area contributed by atoms with Gasteiger partial charge in [-0.15, -0.1) is 0 Å². The molecule has 0 bridgehead atoms. The van der Waals surface area contributed by atoms with E-state index in [0.29, 0.717) is 17.8 Å². The van der Waals surface area contributed by atoms with Crippen LogP contribution in [0, 0.1) is 0 Å². The van der Waals surface area contributed by atoms with Gasteiger partial charge in [-0.25, -0.2) is 4.98 Å². The molecule has 1 N–H and O–H groups in total. The first-order valence-electron chi connectivity index (χ1n) is 9.12. The predicted octanol–water partition coefficient (Wildman–Crippen LogP) is 6.34. The lowest BCUT2D eigenvalue weighted by molar-refractivity contribution is -0.138. The minimum Gasteiger partial charge on any atom is -0.321 e. The normalized spacial score (nSPS) is 12.2. The van der Waals surface area contributed by atoms with Gasteiger partial charge < -0.3 is 9.72 Å². The minimum atomic E-state index is -4.63. The van der Waals surface area contributed by atoms with Crippen LogP contribution < -0.4 is 5.32 Å². The van der Waals surface area contributed by atoms with Gasteiger partial charge in [0.1, 0.15) is 5.69 Å². The van der Waals surface area contributed by atoms with Crippen LogP contribution in [0.2, 0.25) is 5.02 Å². The van der Waals surface area contributed by atoms with E-state index in [2.05, 4.69) is 15.3 Å². The molecule has 0 aliphatic heterocycles. The van der Waals surface area contributed by atoms with Crippen molar-refractivity contribution >= 4 is 28.8 Å². The Hall–Kier alpha value is -3.60. The highest BCUT2D eigenvalue weighted by Crippen LogP contribution is 2.33. The third-order valence-electron chi connectivity index (χ3n) is 4.57. The molecular formula is C21H11ClF6N4O. The van der Waals surface area contributed by atoms with Crippen LogP contribution >= 0.6 is 11.6 Å². The number of fused-ring (bicyclic) bond motifs is 1. The molecule has 12 heteroatoms. The number of hydrogen-bond acceptors (Lipinski definition) is 3. The Balaban J connectivity index is 1.58. The number of aromatic nitrogens is 3. The van der Waals surface area contributed by atoms with Gasteiger partial charge in [-0.2, -0.15) is 26.3 Å². The van der Waals surface area contributed by atoms with Crippen molar-refractivity contribution in [2.24, 2.45) is 0 Å². The number of carbonyl (C=O) groups is 1. The number of amides is 1. The lowest BCUT2D eigenvalue weighted by Gasteiger charge is -2.08. The third kappa shape index (κ3) is 4.77. The molecule has 0 unspecified atom stereocenters. The van der Waals surface area contributed by atoms with Crippen molar-refractivity contribution < 1.29 is 31.1 Å². The molecular weight excluding hydrogens is 474 g/mol. The van der Waals surface area contributed by atoms with Gasteiger partial charge in [-0.3, -0.25) is 9.78 Å². The highest BCUT2D eigenvalue weighted by Gasteiger charge is 2.32. The molecule has 0 spiro atoms. The van der Waals surface area contributed by atoms with Gasteiger partial charge in [0.25, 0.3) is 5.91 Å². The van der Waals surface area contributed by atoms with Crippen molar-refractivity contribution in [3.8, 4) is 11.3 Å². The molecule has 170 valence electrons. The maximum atomic E-state index is 13.0. The Labute approximate surface area is 186 Å². The zero-order valence-electron chi connectivity index (χ0n) is 16.2. The van der Waals surface area contributed by atoms with E-state index in [1.807, 2.05) is 0 Å². The number of imidazole rings is 1. The van der Waals surface area contributed by atoms with Crippen LogP contribution in [0.1, 0.15) is 21.6 Å². The molecule has 0 aliphatic rings. The lowest BCUT2D eigenvalue weighted by atomic mass is 10.1. The Morgan fingerprint density at radius 3 is 2.30 bits per heavy atom. The summed E-state index contributed by atoms with van der Waals surface area (Å²) in [5.74, 6) is -0.721. The van der Waals surface area contributed by atoms with Crippen LogP contribution in [-0.4, -0.2) is 20.3 Å². The largest absolute Gasteiger partial charge is 0.417 e. The molecule has 4 aromatic rings. The van der Waals surface area contributed by atoms with Gasteiger partial charge >= 0.3 is 12.4 Å². The topological polar surface area (TPSA) is 59.3 Å². The summed E-state index contributed by atoms with van der Waals surface area (Å²) in [6, 6.07) is 8.96. The molecule has 0 saturated heterocycles. The molecule has 5 nitrogen and oxygen atoms in total. The molecule has 1 amide bonds. The summed E-state index contributed by atoms with van der Waals surface area (Å²) in [5, 5.41) is 2.26. The second-order valence-corrected chi connectivity index (χ2v) is 7.30. The second-order valence-electron chi connectivity index (χ2n) is 6.90.